The zero-order valence-electron chi connectivity index (χ0n) is 17.5. The lowest BCUT2D eigenvalue weighted by molar-refractivity contribution is -0.139. The molecule has 31 heavy (non-hydrogen) atoms. The number of hydrogen-bond acceptors (Lipinski definition) is 4. The number of nitrogens with zero attached hydrogens (tertiary/aromatic N) is 2. The van der Waals surface area contributed by atoms with Crippen molar-refractivity contribution in [2.75, 3.05) is 26.0 Å². The summed E-state index contributed by atoms with van der Waals surface area (Å²) in [6, 6.07) is 6.42. The molecule has 0 aliphatic carbocycles. The van der Waals surface area contributed by atoms with Gasteiger partial charge in [-0.05, 0) is 51.7 Å². The van der Waals surface area contributed by atoms with Gasteiger partial charge in [0, 0.05) is 24.1 Å². The van der Waals surface area contributed by atoms with Crippen LogP contribution in [0.2, 0.25) is 0 Å². The van der Waals surface area contributed by atoms with Crippen molar-refractivity contribution in [3.8, 4) is 0 Å². The van der Waals surface area contributed by atoms with Gasteiger partial charge in [0.15, 0.2) is 0 Å². The van der Waals surface area contributed by atoms with Gasteiger partial charge in [-0.15, -0.1) is 0 Å². The van der Waals surface area contributed by atoms with E-state index in [2.05, 4.69) is 5.32 Å². The number of aryl methyl sites for hydroxylation is 1. The largest absolute Gasteiger partial charge is 0.478 e. The van der Waals surface area contributed by atoms with Crippen molar-refractivity contribution in [1.82, 2.24) is 9.47 Å². The number of hydrogen-bond donors (Lipinski definition) is 2. The number of carbonyl (C=O) groups is 1. The second kappa shape index (κ2) is 8.58. The topological polar surface area (TPSA) is 74.6 Å². The van der Waals surface area contributed by atoms with Crippen molar-refractivity contribution in [2.45, 2.75) is 32.0 Å². The molecule has 166 valence electrons. The summed E-state index contributed by atoms with van der Waals surface area (Å²) < 4.78 is 42.7. The molecule has 0 amide bonds. The van der Waals surface area contributed by atoms with E-state index in [9.17, 15) is 27.9 Å². The van der Waals surface area contributed by atoms with E-state index in [-0.39, 0.29) is 22.4 Å². The van der Waals surface area contributed by atoms with Gasteiger partial charge in [-0.1, -0.05) is 18.2 Å². The highest BCUT2D eigenvalue weighted by atomic mass is 19.4. The summed E-state index contributed by atoms with van der Waals surface area (Å²) in [4.78, 5) is 27.4. The number of allylic oxidation sites excluding steroid dienone is 1. The maximum Gasteiger partial charge on any atom is 0.416 e. The number of rotatable bonds is 6. The summed E-state index contributed by atoms with van der Waals surface area (Å²) >= 11 is 0. The van der Waals surface area contributed by atoms with Crippen molar-refractivity contribution < 1.29 is 23.1 Å². The Labute approximate surface area is 177 Å². The molecule has 1 aliphatic heterocycles. The Bertz CT molecular complexity index is 1090. The van der Waals surface area contributed by atoms with E-state index in [0.717, 1.165) is 12.6 Å². The van der Waals surface area contributed by atoms with Crippen LogP contribution >= 0.6 is 0 Å². The molecule has 2 N–H and O–H groups in total. The number of halogens is 3. The van der Waals surface area contributed by atoms with Crippen LogP contribution in [0.3, 0.4) is 0 Å². The number of benzene rings is 1. The zero-order chi connectivity index (χ0) is 22.9. The fourth-order valence-corrected chi connectivity index (χ4v) is 3.95. The minimum absolute atomic E-state index is 0.00653. The molecule has 9 heteroatoms. The third-order valence-electron chi connectivity index (χ3n) is 5.32. The van der Waals surface area contributed by atoms with Crippen LogP contribution in [0.1, 0.15) is 36.0 Å². The number of pyridine rings is 1. The zero-order valence-corrected chi connectivity index (χ0v) is 17.5. The van der Waals surface area contributed by atoms with Gasteiger partial charge >= 0.3 is 12.1 Å². The Hall–Kier alpha value is -3.07. The van der Waals surface area contributed by atoms with Crippen LogP contribution in [0.5, 0.6) is 0 Å². The highest BCUT2D eigenvalue weighted by Crippen LogP contribution is 2.44. The number of carboxylic acid groups (broad SMARTS) is 1. The van der Waals surface area contributed by atoms with Crippen molar-refractivity contribution in [3.05, 3.63) is 74.8 Å². The number of alkyl halides is 3. The Morgan fingerprint density at radius 1 is 1.23 bits per heavy atom. The van der Waals surface area contributed by atoms with Crippen molar-refractivity contribution in [1.29, 1.82) is 0 Å². The lowest BCUT2D eigenvalue weighted by Crippen LogP contribution is -2.33. The van der Waals surface area contributed by atoms with E-state index < -0.39 is 29.2 Å². The fourth-order valence-electron chi connectivity index (χ4n) is 3.95. The van der Waals surface area contributed by atoms with Gasteiger partial charge < -0.3 is 19.9 Å². The number of fused-ring (bicyclic) bond motifs is 1. The maximum absolute atomic E-state index is 13.8. The van der Waals surface area contributed by atoms with E-state index in [1.54, 1.807) is 12.3 Å². The first kappa shape index (κ1) is 22.6. The number of anilines is 1. The van der Waals surface area contributed by atoms with Crippen LogP contribution in [0, 0.1) is 0 Å². The standard InChI is InChI=1S/C22H24F3N3O3/c1-13-17(21(30)31)18(14-7-4-5-8-15(14)22(23,24)25)19-16(26-13)9-12-28(20(19)29)11-6-10-27(2)3/h4-5,7-9,12,18,26H,6,10-11H2,1-3H3,(H,30,31). The number of aromatic nitrogens is 1. The lowest BCUT2D eigenvalue weighted by Gasteiger charge is -2.30. The molecule has 0 fully saturated rings. The summed E-state index contributed by atoms with van der Waals surface area (Å²) in [6.45, 7) is 2.57. The van der Waals surface area contributed by atoms with Crippen LogP contribution in [0.25, 0.3) is 0 Å². The Kier molecular flexibility index (Phi) is 6.26. The van der Waals surface area contributed by atoms with Gasteiger partial charge in [-0.2, -0.15) is 13.2 Å². The minimum atomic E-state index is -4.70. The van der Waals surface area contributed by atoms with Crippen LogP contribution in [-0.2, 0) is 17.5 Å². The Morgan fingerprint density at radius 2 is 1.90 bits per heavy atom. The van der Waals surface area contributed by atoms with E-state index in [1.807, 2.05) is 19.0 Å². The molecule has 0 spiro atoms. The minimum Gasteiger partial charge on any atom is -0.478 e. The van der Waals surface area contributed by atoms with Gasteiger partial charge in [0.1, 0.15) is 0 Å². The van der Waals surface area contributed by atoms with Crippen molar-refractivity contribution in [2.24, 2.45) is 0 Å². The first-order chi connectivity index (χ1) is 14.5. The third-order valence-corrected chi connectivity index (χ3v) is 5.32. The maximum atomic E-state index is 13.8. The summed E-state index contributed by atoms with van der Waals surface area (Å²) in [5, 5.41) is 12.7. The Morgan fingerprint density at radius 3 is 2.52 bits per heavy atom. The molecule has 1 aromatic carbocycles. The molecule has 0 bridgehead atoms. The number of aliphatic carboxylic acids is 1. The average Bonchev–Trinajstić information content (AvgIpc) is 2.67. The molecule has 0 radical (unpaired) electrons. The van der Waals surface area contributed by atoms with E-state index in [0.29, 0.717) is 18.7 Å². The molecule has 1 atom stereocenters. The van der Waals surface area contributed by atoms with Crippen LogP contribution in [-0.4, -0.2) is 41.2 Å². The molecule has 1 aliphatic rings. The van der Waals surface area contributed by atoms with Crippen LogP contribution < -0.4 is 10.9 Å². The van der Waals surface area contributed by atoms with Gasteiger partial charge in [-0.25, -0.2) is 4.79 Å². The van der Waals surface area contributed by atoms with Gasteiger partial charge in [0.2, 0.25) is 0 Å². The van der Waals surface area contributed by atoms with Crippen molar-refractivity contribution in [3.63, 3.8) is 0 Å². The molecule has 2 aromatic rings. The highest BCUT2D eigenvalue weighted by molar-refractivity contribution is 5.93. The lowest BCUT2D eigenvalue weighted by atomic mass is 9.79. The van der Waals surface area contributed by atoms with E-state index in [1.165, 1.54) is 29.7 Å². The van der Waals surface area contributed by atoms with Gasteiger partial charge in [0.25, 0.3) is 5.56 Å². The molecule has 0 saturated heterocycles. The fraction of sp³-hybridized carbons (Fsp3) is 0.364. The quantitative estimate of drug-likeness (QED) is 0.723. The van der Waals surface area contributed by atoms with E-state index in [4.69, 9.17) is 0 Å². The predicted molar refractivity (Wildman–Crippen MR) is 111 cm³/mol. The molecule has 3 rings (SSSR count). The molecular formula is C22H24F3N3O3. The first-order valence-corrected chi connectivity index (χ1v) is 9.77. The molecular weight excluding hydrogens is 411 g/mol. The van der Waals surface area contributed by atoms with Crippen LogP contribution in [0.15, 0.2) is 52.6 Å². The summed E-state index contributed by atoms with van der Waals surface area (Å²) in [7, 11) is 3.80. The van der Waals surface area contributed by atoms with Crippen LogP contribution in [0.4, 0.5) is 18.9 Å². The Balaban J connectivity index is 2.23. The SMILES string of the molecule is CC1=C(C(=O)O)C(c2ccccc2C(F)(F)F)c2c(ccn(CCCN(C)C)c2=O)N1. The summed E-state index contributed by atoms with van der Waals surface area (Å²) in [5.41, 5.74) is -1.46. The normalized spacial score (nSPS) is 16.3. The van der Waals surface area contributed by atoms with Gasteiger partial charge in [0.05, 0.1) is 22.6 Å². The van der Waals surface area contributed by atoms with E-state index >= 15 is 0 Å². The second-order valence-corrected chi connectivity index (χ2v) is 7.79. The highest BCUT2D eigenvalue weighted by Gasteiger charge is 2.41. The van der Waals surface area contributed by atoms with Crippen molar-refractivity contribution >= 4 is 11.7 Å². The smallest absolute Gasteiger partial charge is 0.416 e. The summed E-state index contributed by atoms with van der Waals surface area (Å²) in [5.74, 6) is -2.72. The molecule has 1 unspecified atom stereocenters. The molecule has 0 saturated carbocycles. The number of nitrogens with one attached hydrogen (secondary N) is 1. The monoisotopic (exact) mass is 435 g/mol. The number of carboxylic acids is 1. The second-order valence-electron chi connectivity index (χ2n) is 7.79. The molecule has 1 aromatic heterocycles. The van der Waals surface area contributed by atoms with Gasteiger partial charge in [-0.3, -0.25) is 4.79 Å². The first-order valence-electron chi connectivity index (χ1n) is 9.77. The third kappa shape index (κ3) is 4.51. The molecule has 6 nitrogen and oxygen atoms in total. The average molecular weight is 435 g/mol. The predicted octanol–water partition coefficient (Wildman–Crippen LogP) is 3.73. The molecule has 2 heterocycles. The summed E-state index contributed by atoms with van der Waals surface area (Å²) in [6.07, 6.45) is -2.46.